The molecule has 0 spiro atoms. The number of carbonyl (C=O) groups excluding carboxylic acids is 1. The lowest BCUT2D eigenvalue weighted by Gasteiger charge is -2.35. The fourth-order valence-corrected chi connectivity index (χ4v) is 4.24. The van der Waals surface area contributed by atoms with Gasteiger partial charge in [-0.05, 0) is 33.3 Å². The molecular weight excluding hydrogens is 412 g/mol. The van der Waals surface area contributed by atoms with E-state index in [9.17, 15) is 4.79 Å². The second-order valence-corrected chi connectivity index (χ2v) is 8.45. The van der Waals surface area contributed by atoms with Gasteiger partial charge in [0.25, 0.3) is 5.91 Å². The van der Waals surface area contributed by atoms with Gasteiger partial charge in [-0.3, -0.25) is 4.79 Å². The molecule has 1 aliphatic heterocycles. The predicted molar refractivity (Wildman–Crippen MR) is 122 cm³/mol. The normalized spacial score (nSPS) is 14.2. The standard InChI is InChI=1S/C23H27ClN6O/c1-15-5-7-19(8-6-15)14-30-22(24)21(17(3)27-30)23(31)29-11-9-28(10-12-29)20-13-16(2)25-18(4)26-20/h5-8,13H,9-12,14H2,1-4H3. The van der Waals surface area contributed by atoms with Crippen LogP contribution in [0, 0.1) is 27.7 Å². The van der Waals surface area contributed by atoms with Crippen molar-refractivity contribution in [2.45, 2.75) is 34.2 Å². The van der Waals surface area contributed by atoms with Gasteiger partial charge in [0.05, 0.1) is 17.8 Å². The summed E-state index contributed by atoms with van der Waals surface area (Å²) >= 11 is 6.61. The summed E-state index contributed by atoms with van der Waals surface area (Å²) in [5.74, 6) is 1.61. The Morgan fingerprint density at radius 1 is 1.00 bits per heavy atom. The molecule has 1 fully saturated rings. The maximum atomic E-state index is 13.2. The third-order valence-electron chi connectivity index (χ3n) is 5.58. The van der Waals surface area contributed by atoms with E-state index >= 15 is 0 Å². The summed E-state index contributed by atoms with van der Waals surface area (Å²) in [5.41, 5.74) is 4.40. The largest absolute Gasteiger partial charge is 0.353 e. The predicted octanol–water partition coefficient (Wildman–Crippen LogP) is 3.57. The van der Waals surface area contributed by atoms with Gasteiger partial charge in [-0.1, -0.05) is 41.4 Å². The molecule has 0 saturated carbocycles. The summed E-state index contributed by atoms with van der Waals surface area (Å²) in [6, 6.07) is 10.2. The quantitative estimate of drug-likeness (QED) is 0.623. The van der Waals surface area contributed by atoms with Gasteiger partial charge in [0, 0.05) is 37.9 Å². The monoisotopic (exact) mass is 438 g/mol. The Labute approximate surface area is 187 Å². The minimum Gasteiger partial charge on any atom is -0.353 e. The lowest BCUT2D eigenvalue weighted by atomic mass is 10.1. The number of amides is 1. The molecule has 162 valence electrons. The Morgan fingerprint density at radius 3 is 2.32 bits per heavy atom. The molecule has 31 heavy (non-hydrogen) atoms. The summed E-state index contributed by atoms with van der Waals surface area (Å²) in [4.78, 5) is 26.2. The number of halogens is 1. The number of aromatic nitrogens is 4. The molecule has 1 aliphatic rings. The van der Waals surface area contributed by atoms with Crippen molar-refractivity contribution in [1.29, 1.82) is 0 Å². The third-order valence-corrected chi connectivity index (χ3v) is 5.96. The van der Waals surface area contributed by atoms with Crippen molar-refractivity contribution >= 4 is 23.3 Å². The fraction of sp³-hybridized carbons (Fsp3) is 0.391. The number of carbonyl (C=O) groups is 1. The van der Waals surface area contributed by atoms with Crippen LogP contribution < -0.4 is 4.90 Å². The van der Waals surface area contributed by atoms with E-state index in [2.05, 4.69) is 51.2 Å². The van der Waals surface area contributed by atoms with Crippen molar-refractivity contribution in [3.8, 4) is 0 Å². The van der Waals surface area contributed by atoms with Gasteiger partial charge in [0.15, 0.2) is 0 Å². The van der Waals surface area contributed by atoms with Crippen LogP contribution in [0.15, 0.2) is 30.3 Å². The molecule has 2 aromatic heterocycles. The first-order valence-electron chi connectivity index (χ1n) is 10.5. The molecule has 0 atom stereocenters. The second-order valence-electron chi connectivity index (χ2n) is 8.09. The number of benzene rings is 1. The van der Waals surface area contributed by atoms with Crippen molar-refractivity contribution in [2.24, 2.45) is 0 Å². The third kappa shape index (κ3) is 4.56. The Kier molecular flexibility index (Phi) is 5.96. The van der Waals surface area contributed by atoms with Crippen LogP contribution in [0.4, 0.5) is 5.82 Å². The van der Waals surface area contributed by atoms with Gasteiger partial charge in [-0.2, -0.15) is 5.10 Å². The Morgan fingerprint density at radius 2 is 1.68 bits per heavy atom. The zero-order chi connectivity index (χ0) is 22.1. The molecule has 1 aromatic carbocycles. The van der Waals surface area contributed by atoms with Gasteiger partial charge in [-0.25, -0.2) is 14.6 Å². The summed E-state index contributed by atoms with van der Waals surface area (Å²) in [7, 11) is 0. The minimum absolute atomic E-state index is 0.0626. The number of aryl methyl sites for hydroxylation is 4. The van der Waals surface area contributed by atoms with Crippen LogP contribution in [0.5, 0.6) is 0 Å². The minimum atomic E-state index is -0.0626. The number of hydrogen-bond donors (Lipinski definition) is 0. The molecule has 1 amide bonds. The van der Waals surface area contributed by atoms with Crippen molar-refractivity contribution < 1.29 is 4.79 Å². The lowest BCUT2D eigenvalue weighted by molar-refractivity contribution is 0.0746. The topological polar surface area (TPSA) is 67.2 Å². The Hall–Kier alpha value is -2.93. The van der Waals surface area contributed by atoms with Crippen LogP contribution in [0.2, 0.25) is 5.15 Å². The number of rotatable bonds is 4. The molecule has 0 unspecified atom stereocenters. The van der Waals surface area contributed by atoms with Crippen LogP contribution in [0.3, 0.4) is 0 Å². The van der Waals surface area contributed by atoms with E-state index in [1.807, 2.05) is 31.7 Å². The first kappa shape index (κ1) is 21.3. The summed E-state index contributed by atoms with van der Waals surface area (Å²) in [6.45, 7) is 11.0. The van der Waals surface area contributed by atoms with Gasteiger partial charge in [0.2, 0.25) is 0 Å². The first-order chi connectivity index (χ1) is 14.8. The van der Waals surface area contributed by atoms with Crippen molar-refractivity contribution in [1.82, 2.24) is 24.6 Å². The summed E-state index contributed by atoms with van der Waals surface area (Å²) in [5, 5.41) is 4.93. The average molecular weight is 439 g/mol. The van der Waals surface area contributed by atoms with E-state index in [0.29, 0.717) is 36.0 Å². The van der Waals surface area contributed by atoms with Crippen molar-refractivity contribution in [3.05, 3.63) is 69.4 Å². The van der Waals surface area contributed by atoms with E-state index in [0.717, 1.165) is 36.0 Å². The maximum absolute atomic E-state index is 13.2. The molecular formula is C23H27ClN6O. The van der Waals surface area contributed by atoms with E-state index in [-0.39, 0.29) is 5.91 Å². The Balaban J connectivity index is 1.46. The highest BCUT2D eigenvalue weighted by atomic mass is 35.5. The molecule has 0 aliphatic carbocycles. The number of piperazine rings is 1. The zero-order valence-electron chi connectivity index (χ0n) is 18.4. The molecule has 1 saturated heterocycles. The smallest absolute Gasteiger partial charge is 0.259 e. The first-order valence-corrected chi connectivity index (χ1v) is 10.8. The van der Waals surface area contributed by atoms with Crippen LogP contribution in [0.25, 0.3) is 0 Å². The van der Waals surface area contributed by atoms with Gasteiger partial charge < -0.3 is 9.80 Å². The average Bonchev–Trinajstić information content (AvgIpc) is 3.01. The number of nitrogens with zero attached hydrogens (tertiary/aromatic N) is 6. The molecule has 7 nitrogen and oxygen atoms in total. The molecule has 3 aromatic rings. The van der Waals surface area contributed by atoms with E-state index < -0.39 is 0 Å². The second kappa shape index (κ2) is 8.67. The number of hydrogen-bond acceptors (Lipinski definition) is 5. The van der Waals surface area contributed by atoms with Crippen LogP contribution in [0.1, 0.15) is 38.7 Å². The van der Waals surface area contributed by atoms with E-state index in [1.165, 1.54) is 5.56 Å². The molecule has 8 heteroatoms. The van der Waals surface area contributed by atoms with E-state index in [4.69, 9.17) is 11.6 Å². The Bertz CT molecular complexity index is 1080. The molecule has 0 bridgehead atoms. The fourth-order valence-electron chi connectivity index (χ4n) is 3.92. The van der Waals surface area contributed by atoms with Crippen LogP contribution in [-0.4, -0.2) is 56.7 Å². The highest BCUT2D eigenvalue weighted by Gasteiger charge is 2.28. The van der Waals surface area contributed by atoms with Crippen LogP contribution in [-0.2, 0) is 6.54 Å². The summed E-state index contributed by atoms with van der Waals surface area (Å²) < 4.78 is 1.71. The lowest BCUT2D eigenvalue weighted by Crippen LogP contribution is -2.49. The van der Waals surface area contributed by atoms with Gasteiger partial charge in [0.1, 0.15) is 16.8 Å². The zero-order valence-corrected chi connectivity index (χ0v) is 19.1. The maximum Gasteiger partial charge on any atom is 0.259 e. The molecule has 0 radical (unpaired) electrons. The van der Waals surface area contributed by atoms with Crippen molar-refractivity contribution in [2.75, 3.05) is 31.1 Å². The molecule has 0 N–H and O–H groups in total. The summed E-state index contributed by atoms with van der Waals surface area (Å²) in [6.07, 6.45) is 0. The SMILES string of the molecule is Cc1ccc(Cn2nc(C)c(C(=O)N3CCN(c4cc(C)nc(C)n4)CC3)c2Cl)cc1. The van der Waals surface area contributed by atoms with Crippen LogP contribution >= 0.6 is 11.6 Å². The molecule has 4 rings (SSSR count). The van der Waals surface area contributed by atoms with E-state index in [1.54, 1.807) is 4.68 Å². The van der Waals surface area contributed by atoms with Crippen molar-refractivity contribution in [3.63, 3.8) is 0 Å². The van der Waals surface area contributed by atoms with Gasteiger partial charge in [-0.15, -0.1) is 0 Å². The highest BCUT2D eigenvalue weighted by molar-refractivity contribution is 6.33. The molecule has 3 heterocycles. The number of anilines is 1. The highest BCUT2D eigenvalue weighted by Crippen LogP contribution is 2.24. The van der Waals surface area contributed by atoms with Gasteiger partial charge >= 0.3 is 0 Å².